The van der Waals surface area contributed by atoms with Gasteiger partial charge >= 0.3 is 0 Å². The van der Waals surface area contributed by atoms with Crippen LogP contribution < -0.4 is 0 Å². The van der Waals surface area contributed by atoms with E-state index >= 15 is 0 Å². The molecule has 0 rings (SSSR count). The normalized spacial score (nSPS) is 10.2. The summed E-state index contributed by atoms with van der Waals surface area (Å²) in [5.74, 6) is 0.436. The lowest BCUT2D eigenvalue weighted by molar-refractivity contribution is -0.119. The van der Waals surface area contributed by atoms with Crippen LogP contribution >= 0.6 is 15.9 Å². The van der Waals surface area contributed by atoms with Crippen molar-refractivity contribution in [1.29, 1.82) is 0 Å². The highest BCUT2D eigenvalue weighted by molar-refractivity contribution is 9.09. The van der Waals surface area contributed by atoms with E-state index in [4.69, 9.17) is 0 Å². The lowest BCUT2D eigenvalue weighted by atomic mass is 10.1. The minimum Gasteiger partial charge on any atom is -0.300 e. The first-order valence-electron chi connectivity index (χ1n) is 4.89. The molecule has 0 unspecified atom stereocenters. The summed E-state index contributed by atoms with van der Waals surface area (Å²) < 4.78 is 0. The van der Waals surface area contributed by atoms with E-state index in [1.165, 1.54) is 19.3 Å². The molecule has 2 heteroatoms. The summed E-state index contributed by atoms with van der Waals surface area (Å²) in [4.78, 5) is 11.1. The van der Waals surface area contributed by atoms with Crippen LogP contribution in [0.15, 0.2) is 0 Å². The van der Waals surface area contributed by atoms with E-state index in [0.717, 1.165) is 31.0 Å². The van der Waals surface area contributed by atoms with Gasteiger partial charge in [-0.1, -0.05) is 42.1 Å². The van der Waals surface area contributed by atoms with Crippen molar-refractivity contribution < 1.29 is 4.79 Å². The Hall–Kier alpha value is 0.150. The fraction of sp³-hybridized carbons (Fsp3) is 0.900. The smallest absolute Gasteiger partial charge is 0.132 e. The number of halogens is 1. The van der Waals surface area contributed by atoms with Crippen molar-refractivity contribution in [3.05, 3.63) is 0 Å². The standard InChI is InChI=1S/C10H19BrO/c1-2-3-4-5-7-10(12)8-6-9-11/h2-9H2,1H3. The third kappa shape index (κ3) is 8.25. The van der Waals surface area contributed by atoms with Crippen molar-refractivity contribution in [2.75, 3.05) is 5.33 Å². The number of carbonyl (C=O) groups is 1. The Bertz CT molecular complexity index is 112. The van der Waals surface area contributed by atoms with Gasteiger partial charge in [0.05, 0.1) is 0 Å². The molecule has 0 aromatic carbocycles. The summed E-state index contributed by atoms with van der Waals surface area (Å²) >= 11 is 3.32. The topological polar surface area (TPSA) is 17.1 Å². The monoisotopic (exact) mass is 234 g/mol. The number of alkyl halides is 1. The van der Waals surface area contributed by atoms with Crippen molar-refractivity contribution in [3.63, 3.8) is 0 Å². The molecule has 0 atom stereocenters. The first-order chi connectivity index (χ1) is 5.81. The van der Waals surface area contributed by atoms with Crippen LogP contribution in [0.2, 0.25) is 0 Å². The van der Waals surface area contributed by atoms with Crippen LogP contribution in [0.3, 0.4) is 0 Å². The third-order valence-corrected chi connectivity index (χ3v) is 2.46. The number of unbranched alkanes of at least 4 members (excludes halogenated alkanes) is 3. The second kappa shape index (κ2) is 9.24. The van der Waals surface area contributed by atoms with Crippen LogP contribution in [0.1, 0.15) is 51.9 Å². The van der Waals surface area contributed by atoms with E-state index in [0.29, 0.717) is 5.78 Å². The number of Topliss-reactive ketones (excluding diaryl/α,β-unsaturated/α-hetero) is 1. The zero-order chi connectivity index (χ0) is 9.23. The van der Waals surface area contributed by atoms with E-state index in [1.807, 2.05) is 0 Å². The molecule has 0 radical (unpaired) electrons. The Labute approximate surface area is 84.1 Å². The van der Waals surface area contributed by atoms with Gasteiger partial charge in [-0.05, 0) is 12.8 Å². The molecule has 0 heterocycles. The van der Waals surface area contributed by atoms with Crippen LogP contribution in [-0.4, -0.2) is 11.1 Å². The highest BCUT2D eigenvalue weighted by Crippen LogP contribution is 2.06. The first-order valence-corrected chi connectivity index (χ1v) is 6.01. The average molecular weight is 235 g/mol. The fourth-order valence-electron chi connectivity index (χ4n) is 1.14. The van der Waals surface area contributed by atoms with Crippen molar-refractivity contribution in [2.45, 2.75) is 51.9 Å². The summed E-state index contributed by atoms with van der Waals surface area (Å²) in [6, 6.07) is 0. The van der Waals surface area contributed by atoms with Gasteiger partial charge in [0.15, 0.2) is 0 Å². The second-order valence-corrected chi connectivity index (χ2v) is 3.93. The minimum atomic E-state index is 0.436. The average Bonchev–Trinajstić information content (AvgIpc) is 2.09. The highest BCUT2D eigenvalue weighted by atomic mass is 79.9. The zero-order valence-corrected chi connectivity index (χ0v) is 9.53. The Morgan fingerprint density at radius 1 is 1.08 bits per heavy atom. The number of rotatable bonds is 8. The first kappa shape index (κ1) is 12.2. The second-order valence-electron chi connectivity index (χ2n) is 3.14. The SMILES string of the molecule is CCCCCCC(=O)CCCBr. The van der Waals surface area contributed by atoms with Crippen LogP contribution in [0.4, 0.5) is 0 Å². The molecule has 0 saturated carbocycles. The van der Waals surface area contributed by atoms with Gasteiger partial charge in [0.1, 0.15) is 5.78 Å². The Morgan fingerprint density at radius 3 is 2.33 bits per heavy atom. The number of hydrogen-bond acceptors (Lipinski definition) is 1. The maximum atomic E-state index is 11.1. The molecule has 0 aliphatic carbocycles. The molecule has 0 amide bonds. The fourth-order valence-corrected chi connectivity index (χ4v) is 1.42. The van der Waals surface area contributed by atoms with Gasteiger partial charge < -0.3 is 0 Å². The van der Waals surface area contributed by atoms with E-state index in [9.17, 15) is 4.79 Å². The largest absolute Gasteiger partial charge is 0.300 e. The Kier molecular flexibility index (Phi) is 9.36. The van der Waals surface area contributed by atoms with Gasteiger partial charge in [-0.25, -0.2) is 0 Å². The molecule has 0 bridgehead atoms. The van der Waals surface area contributed by atoms with Crippen LogP contribution in [0, 0.1) is 0 Å². The molecule has 72 valence electrons. The summed E-state index contributed by atoms with van der Waals surface area (Å²) in [6.45, 7) is 2.19. The molecule has 0 saturated heterocycles. The Balaban J connectivity index is 3.08. The Morgan fingerprint density at radius 2 is 1.75 bits per heavy atom. The summed E-state index contributed by atoms with van der Waals surface area (Å²) in [6.07, 6.45) is 7.38. The zero-order valence-electron chi connectivity index (χ0n) is 7.94. The highest BCUT2D eigenvalue weighted by Gasteiger charge is 1.99. The van der Waals surface area contributed by atoms with Crippen LogP contribution in [0.5, 0.6) is 0 Å². The molecule has 12 heavy (non-hydrogen) atoms. The van der Waals surface area contributed by atoms with Crippen molar-refractivity contribution in [2.24, 2.45) is 0 Å². The lowest BCUT2D eigenvalue weighted by Crippen LogP contribution is -1.97. The summed E-state index contributed by atoms with van der Waals surface area (Å²) in [5.41, 5.74) is 0. The van der Waals surface area contributed by atoms with Gasteiger partial charge in [-0.15, -0.1) is 0 Å². The molecule has 0 aliphatic heterocycles. The molecule has 0 aromatic rings. The van der Waals surface area contributed by atoms with E-state index in [1.54, 1.807) is 0 Å². The van der Waals surface area contributed by atoms with E-state index in [2.05, 4.69) is 22.9 Å². The molecule has 0 spiro atoms. The van der Waals surface area contributed by atoms with Gasteiger partial charge in [0, 0.05) is 18.2 Å². The predicted octanol–water partition coefficient (Wildman–Crippen LogP) is 3.70. The number of ketones is 1. The third-order valence-electron chi connectivity index (χ3n) is 1.90. The van der Waals surface area contributed by atoms with Gasteiger partial charge in [0.2, 0.25) is 0 Å². The van der Waals surface area contributed by atoms with Gasteiger partial charge in [-0.2, -0.15) is 0 Å². The van der Waals surface area contributed by atoms with Crippen LogP contribution in [0.25, 0.3) is 0 Å². The molecular formula is C10H19BrO. The van der Waals surface area contributed by atoms with Gasteiger partial charge in [-0.3, -0.25) is 4.79 Å². The molecule has 0 aromatic heterocycles. The quantitative estimate of drug-likeness (QED) is 0.463. The van der Waals surface area contributed by atoms with Crippen molar-refractivity contribution in [1.82, 2.24) is 0 Å². The summed E-state index contributed by atoms with van der Waals surface area (Å²) in [7, 11) is 0. The van der Waals surface area contributed by atoms with E-state index < -0.39 is 0 Å². The summed E-state index contributed by atoms with van der Waals surface area (Å²) in [5, 5.41) is 0.952. The van der Waals surface area contributed by atoms with Crippen LogP contribution in [-0.2, 0) is 4.79 Å². The predicted molar refractivity (Wildman–Crippen MR) is 56.8 cm³/mol. The molecular weight excluding hydrogens is 216 g/mol. The lowest BCUT2D eigenvalue weighted by Gasteiger charge is -1.98. The number of hydrogen-bond donors (Lipinski definition) is 0. The maximum absolute atomic E-state index is 11.1. The molecule has 0 aliphatic rings. The van der Waals surface area contributed by atoms with E-state index in [-0.39, 0.29) is 0 Å². The number of carbonyl (C=O) groups excluding carboxylic acids is 1. The molecule has 1 nitrogen and oxygen atoms in total. The molecule has 0 N–H and O–H groups in total. The minimum absolute atomic E-state index is 0.436. The maximum Gasteiger partial charge on any atom is 0.132 e. The van der Waals surface area contributed by atoms with Crippen molar-refractivity contribution >= 4 is 21.7 Å². The molecule has 0 fully saturated rings. The van der Waals surface area contributed by atoms with Gasteiger partial charge in [0.25, 0.3) is 0 Å². The van der Waals surface area contributed by atoms with Crippen molar-refractivity contribution in [3.8, 4) is 0 Å².